The molecule has 0 radical (unpaired) electrons. The van der Waals surface area contributed by atoms with E-state index in [4.69, 9.17) is 4.74 Å². The number of aryl methyl sites for hydroxylation is 1. The molecule has 2 aromatic rings. The van der Waals surface area contributed by atoms with Crippen molar-refractivity contribution in [2.24, 2.45) is 11.8 Å². The van der Waals surface area contributed by atoms with E-state index in [1.165, 1.54) is 6.42 Å². The molecule has 0 unspecified atom stereocenters. The van der Waals surface area contributed by atoms with E-state index in [9.17, 15) is 9.59 Å². The van der Waals surface area contributed by atoms with Crippen LogP contribution in [0.4, 0.5) is 0 Å². The van der Waals surface area contributed by atoms with Gasteiger partial charge in [0, 0.05) is 6.04 Å². The smallest absolute Gasteiger partial charge is 0.342 e. The minimum atomic E-state index is -0.516. The lowest BCUT2D eigenvalue weighted by atomic mass is 9.78. The second kappa shape index (κ2) is 8.59. The molecule has 0 spiro atoms. The second-order valence-corrected chi connectivity index (χ2v) is 7.81. The number of para-hydroxylation sites is 1. The van der Waals surface area contributed by atoms with Crippen LogP contribution in [-0.4, -0.2) is 34.3 Å². The first-order valence-electron chi connectivity index (χ1n) is 9.96. The first-order valence-corrected chi connectivity index (χ1v) is 9.96. The number of benzene rings is 1. The molecule has 28 heavy (non-hydrogen) atoms. The number of carbonyl (C=O) groups is 2. The maximum absolute atomic E-state index is 12.6. The molecule has 6 nitrogen and oxygen atoms in total. The predicted octanol–water partition coefficient (Wildman–Crippen LogP) is 3.59. The number of aromatic nitrogens is 2. The van der Waals surface area contributed by atoms with Gasteiger partial charge in [0.05, 0.1) is 17.1 Å². The number of esters is 1. The van der Waals surface area contributed by atoms with E-state index in [0.29, 0.717) is 28.8 Å². The Labute approximate surface area is 166 Å². The molecule has 150 valence electrons. The minimum Gasteiger partial charge on any atom is -0.452 e. The van der Waals surface area contributed by atoms with E-state index in [1.54, 1.807) is 11.6 Å². The quantitative estimate of drug-likeness (QED) is 0.801. The van der Waals surface area contributed by atoms with E-state index in [0.717, 1.165) is 18.5 Å². The van der Waals surface area contributed by atoms with Gasteiger partial charge in [-0.3, -0.25) is 4.79 Å². The second-order valence-electron chi connectivity index (χ2n) is 7.81. The molecule has 1 aromatic carbocycles. The predicted molar refractivity (Wildman–Crippen MR) is 107 cm³/mol. The van der Waals surface area contributed by atoms with Crippen molar-refractivity contribution in [3.05, 3.63) is 47.3 Å². The van der Waals surface area contributed by atoms with Crippen molar-refractivity contribution in [2.45, 2.75) is 53.0 Å². The van der Waals surface area contributed by atoms with Gasteiger partial charge in [-0.05, 0) is 44.2 Å². The summed E-state index contributed by atoms with van der Waals surface area (Å²) in [6, 6.07) is 9.77. The van der Waals surface area contributed by atoms with Crippen molar-refractivity contribution in [1.82, 2.24) is 15.1 Å². The Morgan fingerprint density at radius 2 is 1.89 bits per heavy atom. The zero-order valence-corrected chi connectivity index (χ0v) is 17.1. The highest BCUT2D eigenvalue weighted by Crippen LogP contribution is 2.29. The third-order valence-corrected chi connectivity index (χ3v) is 5.88. The maximum atomic E-state index is 12.6. The van der Waals surface area contributed by atoms with Gasteiger partial charge in [0.15, 0.2) is 6.61 Å². The number of nitrogens with one attached hydrogen (secondary N) is 1. The van der Waals surface area contributed by atoms with E-state index in [1.807, 2.05) is 37.3 Å². The van der Waals surface area contributed by atoms with Crippen molar-refractivity contribution in [3.8, 4) is 5.69 Å². The molecule has 3 atom stereocenters. The molecular weight excluding hydrogens is 354 g/mol. The summed E-state index contributed by atoms with van der Waals surface area (Å²) in [6.07, 6.45) is 3.30. The Balaban J connectivity index is 1.62. The van der Waals surface area contributed by atoms with Gasteiger partial charge in [-0.15, -0.1) is 0 Å². The highest BCUT2D eigenvalue weighted by atomic mass is 16.5. The standard InChI is InChI=1S/C22H29N3O3/c1-14-9-8-12-19(15(14)2)23-20(26)13-28-22(27)21-16(3)24-25(17(21)4)18-10-6-5-7-11-18/h5-7,10-11,14-15,19H,8-9,12-13H2,1-4H3,(H,23,26)/t14-,15-,19-/m1/s1. The highest BCUT2D eigenvalue weighted by Gasteiger charge is 2.28. The molecule has 1 aromatic heterocycles. The number of carbonyl (C=O) groups excluding carboxylic acids is 2. The van der Waals surface area contributed by atoms with Crippen LogP contribution >= 0.6 is 0 Å². The number of hydrogen-bond acceptors (Lipinski definition) is 4. The van der Waals surface area contributed by atoms with Gasteiger partial charge in [-0.25, -0.2) is 9.48 Å². The van der Waals surface area contributed by atoms with Crippen molar-refractivity contribution in [3.63, 3.8) is 0 Å². The normalized spacial score (nSPS) is 21.9. The summed E-state index contributed by atoms with van der Waals surface area (Å²) >= 11 is 0. The van der Waals surface area contributed by atoms with Gasteiger partial charge in [-0.2, -0.15) is 5.10 Å². The zero-order chi connectivity index (χ0) is 20.3. The number of amides is 1. The third kappa shape index (κ3) is 4.26. The van der Waals surface area contributed by atoms with Gasteiger partial charge < -0.3 is 10.1 Å². The Bertz CT molecular complexity index is 844. The first kappa shape index (κ1) is 20.1. The highest BCUT2D eigenvalue weighted by molar-refractivity contribution is 5.93. The van der Waals surface area contributed by atoms with E-state index >= 15 is 0 Å². The molecule has 1 aliphatic carbocycles. The molecule has 3 rings (SSSR count). The maximum Gasteiger partial charge on any atom is 0.342 e. The van der Waals surface area contributed by atoms with Crippen molar-refractivity contribution < 1.29 is 14.3 Å². The molecule has 1 aliphatic rings. The fraction of sp³-hybridized carbons (Fsp3) is 0.500. The van der Waals surface area contributed by atoms with Crippen LogP contribution < -0.4 is 5.32 Å². The molecule has 1 amide bonds. The molecule has 1 N–H and O–H groups in total. The lowest BCUT2D eigenvalue weighted by molar-refractivity contribution is -0.125. The summed E-state index contributed by atoms with van der Waals surface area (Å²) in [7, 11) is 0. The zero-order valence-electron chi connectivity index (χ0n) is 17.1. The molecule has 1 heterocycles. The van der Waals surface area contributed by atoms with E-state index in [-0.39, 0.29) is 18.6 Å². The SMILES string of the molecule is Cc1nn(-c2ccccc2)c(C)c1C(=O)OCC(=O)N[C@@H]1CCC[C@@H](C)[C@H]1C. The lowest BCUT2D eigenvalue weighted by Crippen LogP contribution is -2.45. The summed E-state index contributed by atoms with van der Waals surface area (Å²) < 4.78 is 7.02. The third-order valence-electron chi connectivity index (χ3n) is 5.88. The number of nitrogens with zero attached hydrogens (tertiary/aromatic N) is 2. The summed E-state index contributed by atoms with van der Waals surface area (Å²) in [5.74, 6) is 0.264. The number of hydrogen-bond donors (Lipinski definition) is 1. The van der Waals surface area contributed by atoms with Crippen LogP contribution in [0.5, 0.6) is 0 Å². The van der Waals surface area contributed by atoms with Crippen molar-refractivity contribution in [1.29, 1.82) is 0 Å². The Kier molecular flexibility index (Phi) is 6.17. The number of ether oxygens (including phenoxy) is 1. The molecule has 6 heteroatoms. The summed E-state index contributed by atoms with van der Waals surface area (Å²) in [5, 5.41) is 7.48. The van der Waals surface area contributed by atoms with Crippen LogP contribution in [-0.2, 0) is 9.53 Å². The van der Waals surface area contributed by atoms with Gasteiger partial charge >= 0.3 is 5.97 Å². The van der Waals surface area contributed by atoms with Gasteiger partial charge in [0.1, 0.15) is 5.56 Å². The monoisotopic (exact) mass is 383 g/mol. The van der Waals surface area contributed by atoms with E-state index in [2.05, 4.69) is 24.3 Å². The summed E-state index contributed by atoms with van der Waals surface area (Å²) in [6.45, 7) is 7.72. The fourth-order valence-corrected chi connectivity index (χ4v) is 4.00. The lowest BCUT2D eigenvalue weighted by Gasteiger charge is -2.34. The minimum absolute atomic E-state index is 0.152. The molecule has 0 bridgehead atoms. The fourth-order valence-electron chi connectivity index (χ4n) is 4.00. The summed E-state index contributed by atoms with van der Waals surface area (Å²) in [5.41, 5.74) is 2.57. The molecular formula is C22H29N3O3. The molecule has 0 aliphatic heterocycles. The van der Waals surface area contributed by atoms with Crippen LogP contribution in [0.25, 0.3) is 5.69 Å². The molecule has 1 saturated carbocycles. The van der Waals surface area contributed by atoms with Crippen LogP contribution in [0.3, 0.4) is 0 Å². The molecule has 1 fully saturated rings. The average Bonchev–Trinajstić information content (AvgIpc) is 2.98. The van der Waals surface area contributed by atoms with Crippen molar-refractivity contribution >= 4 is 11.9 Å². The average molecular weight is 383 g/mol. The Morgan fingerprint density at radius 3 is 2.61 bits per heavy atom. The molecule has 0 saturated heterocycles. The van der Waals surface area contributed by atoms with Crippen molar-refractivity contribution in [2.75, 3.05) is 6.61 Å². The summed E-state index contributed by atoms with van der Waals surface area (Å²) in [4.78, 5) is 24.9. The van der Waals surface area contributed by atoms with Crippen LogP contribution in [0.15, 0.2) is 30.3 Å². The first-order chi connectivity index (χ1) is 13.4. The van der Waals surface area contributed by atoms with Gasteiger partial charge in [0.25, 0.3) is 5.91 Å². The van der Waals surface area contributed by atoms with Crippen LogP contribution in [0.2, 0.25) is 0 Å². The Morgan fingerprint density at radius 1 is 1.18 bits per heavy atom. The van der Waals surface area contributed by atoms with Gasteiger partial charge in [-0.1, -0.05) is 44.9 Å². The van der Waals surface area contributed by atoms with Crippen LogP contribution in [0.1, 0.15) is 54.9 Å². The largest absolute Gasteiger partial charge is 0.452 e. The Hall–Kier alpha value is -2.63. The van der Waals surface area contributed by atoms with Crippen LogP contribution in [0, 0.1) is 25.7 Å². The topological polar surface area (TPSA) is 73.2 Å². The number of rotatable bonds is 5. The van der Waals surface area contributed by atoms with E-state index < -0.39 is 5.97 Å². The van der Waals surface area contributed by atoms with Gasteiger partial charge in [0.2, 0.25) is 0 Å².